The molecule has 0 saturated carbocycles. The fourth-order valence-electron chi connectivity index (χ4n) is 3.09. The molecule has 3 aromatic rings. The van der Waals surface area contributed by atoms with Crippen LogP contribution in [0.2, 0.25) is 5.02 Å². The van der Waals surface area contributed by atoms with E-state index < -0.39 is 17.6 Å². The van der Waals surface area contributed by atoms with Gasteiger partial charge in [-0.1, -0.05) is 23.7 Å². The van der Waals surface area contributed by atoms with Crippen molar-refractivity contribution in [2.24, 2.45) is 0 Å². The van der Waals surface area contributed by atoms with E-state index in [2.05, 4.69) is 10.4 Å². The molecule has 0 aliphatic heterocycles. The molecule has 0 atom stereocenters. The first-order valence-corrected chi connectivity index (χ1v) is 9.33. The highest BCUT2D eigenvalue weighted by atomic mass is 35.5. The summed E-state index contributed by atoms with van der Waals surface area (Å²) in [6, 6.07) is 9.77. The Bertz CT molecular complexity index is 1090. The quantitative estimate of drug-likeness (QED) is 0.575. The number of rotatable bonds is 5. The number of aryl methyl sites for hydroxylation is 1. The molecule has 0 saturated heterocycles. The number of nitrogens with zero attached hydrogens (tertiary/aromatic N) is 2. The molecule has 9 heteroatoms. The Balaban J connectivity index is 1.86. The van der Waals surface area contributed by atoms with Gasteiger partial charge in [-0.15, -0.1) is 0 Å². The summed E-state index contributed by atoms with van der Waals surface area (Å²) >= 11 is 5.99. The molecule has 5 nitrogen and oxygen atoms in total. The molecule has 30 heavy (non-hydrogen) atoms. The van der Waals surface area contributed by atoms with E-state index in [0.29, 0.717) is 33.4 Å². The Hall–Kier alpha value is -3.00. The van der Waals surface area contributed by atoms with Crippen molar-refractivity contribution in [1.29, 1.82) is 0 Å². The lowest BCUT2D eigenvalue weighted by Gasteiger charge is -2.11. The Morgan fingerprint density at radius 3 is 2.60 bits per heavy atom. The molecule has 0 unspecified atom stereocenters. The molecule has 1 heterocycles. The lowest BCUT2D eigenvalue weighted by atomic mass is 10.1. The van der Waals surface area contributed by atoms with Gasteiger partial charge in [-0.3, -0.25) is 9.48 Å². The van der Waals surface area contributed by atoms with Crippen molar-refractivity contribution in [2.45, 2.75) is 26.6 Å². The van der Waals surface area contributed by atoms with E-state index in [1.54, 1.807) is 36.7 Å². The van der Waals surface area contributed by atoms with E-state index in [-0.39, 0.29) is 12.1 Å². The summed E-state index contributed by atoms with van der Waals surface area (Å²) in [5.41, 5.74) is 1.62. The fourth-order valence-corrected chi connectivity index (χ4v) is 3.26. The minimum atomic E-state index is -4.42. The second-order valence-corrected chi connectivity index (χ2v) is 7.14. The van der Waals surface area contributed by atoms with Gasteiger partial charge in [0.1, 0.15) is 5.75 Å². The number of aromatic nitrogens is 2. The zero-order valence-corrected chi connectivity index (χ0v) is 17.2. The third-order valence-corrected chi connectivity index (χ3v) is 4.85. The van der Waals surface area contributed by atoms with E-state index in [9.17, 15) is 18.0 Å². The second kappa shape index (κ2) is 8.39. The van der Waals surface area contributed by atoms with Crippen LogP contribution in [-0.2, 0) is 12.7 Å². The third-order valence-electron chi connectivity index (χ3n) is 4.61. The highest BCUT2D eigenvalue weighted by molar-refractivity contribution is 6.31. The number of anilines is 1. The van der Waals surface area contributed by atoms with E-state index in [1.807, 2.05) is 0 Å². The van der Waals surface area contributed by atoms with Crippen LogP contribution in [0.3, 0.4) is 0 Å². The van der Waals surface area contributed by atoms with E-state index >= 15 is 0 Å². The van der Waals surface area contributed by atoms with Crippen LogP contribution in [-0.4, -0.2) is 22.8 Å². The van der Waals surface area contributed by atoms with Crippen molar-refractivity contribution in [1.82, 2.24) is 9.78 Å². The lowest BCUT2D eigenvalue weighted by molar-refractivity contribution is -0.137. The molecule has 0 aliphatic rings. The van der Waals surface area contributed by atoms with Crippen LogP contribution in [0.25, 0.3) is 0 Å². The molecule has 3 rings (SSSR count). The number of ether oxygens (including phenoxy) is 1. The maximum atomic E-state index is 13.0. The molecule has 0 radical (unpaired) electrons. The Morgan fingerprint density at radius 2 is 1.93 bits per heavy atom. The van der Waals surface area contributed by atoms with Crippen LogP contribution in [0.1, 0.15) is 32.9 Å². The summed E-state index contributed by atoms with van der Waals surface area (Å²) in [6.45, 7) is 3.58. The number of amides is 1. The van der Waals surface area contributed by atoms with Gasteiger partial charge in [0.15, 0.2) is 0 Å². The molecule has 1 amide bonds. The van der Waals surface area contributed by atoms with Crippen LogP contribution in [0, 0.1) is 13.8 Å². The lowest BCUT2D eigenvalue weighted by Crippen LogP contribution is -2.14. The van der Waals surface area contributed by atoms with Crippen LogP contribution < -0.4 is 10.1 Å². The maximum Gasteiger partial charge on any atom is 0.416 e. The Labute approximate surface area is 176 Å². The predicted octanol–water partition coefficient (Wildman–Crippen LogP) is 5.48. The zero-order valence-electron chi connectivity index (χ0n) is 16.5. The van der Waals surface area contributed by atoms with Gasteiger partial charge >= 0.3 is 6.18 Å². The van der Waals surface area contributed by atoms with Crippen LogP contribution in [0.5, 0.6) is 5.75 Å². The van der Waals surface area contributed by atoms with Gasteiger partial charge < -0.3 is 10.1 Å². The van der Waals surface area contributed by atoms with Crippen molar-refractivity contribution in [3.05, 3.63) is 75.6 Å². The number of hydrogen-bond donors (Lipinski definition) is 1. The molecule has 158 valence electrons. The number of halogens is 4. The first-order chi connectivity index (χ1) is 14.1. The van der Waals surface area contributed by atoms with E-state index in [1.165, 1.54) is 19.2 Å². The minimum Gasteiger partial charge on any atom is -0.496 e. The number of methoxy groups -OCH3 is 1. The van der Waals surface area contributed by atoms with Crippen molar-refractivity contribution >= 4 is 23.2 Å². The first kappa shape index (κ1) is 21.7. The molecule has 1 N–H and O–H groups in total. The van der Waals surface area contributed by atoms with Crippen LogP contribution >= 0.6 is 11.6 Å². The second-order valence-electron chi connectivity index (χ2n) is 6.70. The maximum absolute atomic E-state index is 13.0. The zero-order chi connectivity index (χ0) is 22.1. The molecule has 0 aliphatic carbocycles. The van der Waals surface area contributed by atoms with Crippen molar-refractivity contribution in [3.8, 4) is 5.75 Å². The topological polar surface area (TPSA) is 56.1 Å². The van der Waals surface area contributed by atoms with Gasteiger partial charge in [0.05, 0.1) is 41.9 Å². The van der Waals surface area contributed by atoms with Gasteiger partial charge in [-0.2, -0.15) is 18.3 Å². The Kier molecular flexibility index (Phi) is 6.07. The van der Waals surface area contributed by atoms with Gasteiger partial charge in [0.2, 0.25) is 0 Å². The normalized spacial score (nSPS) is 11.4. The summed E-state index contributed by atoms with van der Waals surface area (Å²) in [6.07, 6.45) is -4.42. The van der Waals surface area contributed by atoms with Crippen molar-refractivity contribution < 1.29 is 22.7 Å². The van der Waals surface area contributed by atoms with Gasteiger partial charge in [0.25, 0.3) is 5.91 Å². The first-order valence-electron chi connectivity index (χ1n) is 8.95. The van der Waals surface area contributed by atoms with Gasteiger partial charge in [-0.05, 0) is 49.7 Å². The highest BCUT2D eigenvalue weighted by Gasteiger charge is 2.30. The van der Waals surface area contributed by atoms with Gasteiger partial charge in [0, 0.05) is 5.02 Å². The molecule has 0 spiro atoms. The average molecular weight is 438 g/mol. The third kappa shape index (κ3) is 4.59. The molecular formula is C21H19ClF3N3O2. The summed E-state index contributed by atoms with van der Waals surface area (Å²) in [4.78, 5) is 12.8. The Morgan fingerprint density at radius 1 is 1.20 bits per heavy atom. The number of carbonyl (C=O) groups excluding carboxylic acids is 1. The number of alkyl halides is 3. The van der Waals surface area contributed by atoms with Gasteiger partial charge in [-0.25, -0.2) is 0 Å². The molecule has 0 bridgehead atoms. The fraction of sp³-hybridized carbons (Fsp3) is 0.238. The van der Waals surface area contributed by atoms with Crippen LogP contribution in [0.15, 0.2) is 42.5 Å². The average Bonchev–Trinajstić information content (AvgIpc) is 2.94. The summed E-state index contributed by atoms with van der Waals surface area (Å²) in [7, 11) is 1.45. The van der Waals surface area contributed by atoms with E-state index in [0.717, 1.165) is 12.1 Å². The molecule has 0 fully saturated rings. The molecular weight excluding hydrogens is 419 g/mol. The number of carbonyl (C=O) groups is 1. The summed E-state index contributed by atoms with van der Waals surface area (Å²) < 4.78 is 45.6. The number of nitrogens with one attached hydrogen (secondary N) is 1. The number of benzene rings is 2. The smallest absolute Gasteiger partial charge is 0.416 e. The highest BCUT2D eigenvalue weighted by Crippen LogP contribution is 2.30. The van der Waals surface area contributed by atoms with Crippen LogP contribution in [0.4, 0.5) is 18.9 Å². The number of hydrogen-bond acceptors (Lipinski definition) is 3. The van der Waals surface area contributed by atoms with Crippen molar-refractivity contribution in [2.75, 3.05) is 12.4 Å². The SMILES string of the molecule is COc1ccc(Cl)cc1C(=O)Nc1c(C)nn(Cc2cccc(C(F)(F)F)c2)c1C. The minimum absolute atomic E-state index is 0.132. The predicted molar refractivity (Wildman–Crippen MR) is 108 cm³/mol. The van der Waals surface area contributed by atoms with E-state index in [4.69, 9.17) is 16.3 Å². The monoisotopic (exact) mass is 437 g/mol. The summed E-state index contributed by atoms with van der Waals surface area (Å²) in [5, 5.41) is 7.55. The van der Waals surface area contributed by atoms with Crippen molar-refractivity contribution in [3.63, 3.8) is 0 Å². The standard InChI is InChI=1S/C21H19ClF3N3O2/c1-12-19(26-20(29)17-10-16(22)7-8-18(17)30-3)13(2)28(27-12)11-14-5-4-6-15(9-14)21(23,24)25/h4-10H,11H2,1-3H3,(H,26,29). The molecule has 2 aromatic carbocycles. The summed E-state index contributed by atoms with van der Waals surface area (Å²) in [5.74, 6) is -0.0669. The largest absolute Gasteiger partial charge is 0.496 e. The molecule has 1 aromatic heterocycles.